The van der Waals surface area contributed by atoms with Crippen LogP contribution in [0.1, 0.15) is 33.8 Å². The third kappa shape index (κ3) is 2.42. The van der Waals surface area contributed by atoms with Gasteiger partial charge in [-0.2, -0.15) is 0 Å². The van der Waals surface area contributed by atoms with Gasteiger partial charge in [0.05, 0.1) is 18.1 Å². The Bertz CT molecular complexity index is 710. The molecular weight excluding hydrogens is 274 g/mol. The molecule has 0 bridgehead atoms. The van der Waals surface area contributed by atoms with Crippen LogP contribution in [0.4, 0.5) is 8.78 Å². The zero-order valence-electron chi connectivity index (χ0n) is 11.5. The highest BCUT2D eigenvalue weighted by molar-refractivity contribution is 6.01. The van der Waals surface area contributed by atoms with Crippen molar-refractivity contribution < 1.29 is 18.3 Å². The van der Waals surface area contributed by atoms with Crippen molar-refractivity contribution in [3.05, 3.63) is 64.7 Å². The van der Waals surface area contributed by atoms with E-state index in [4.69, 9.17) is 4.74 Å². The maximum absolute atomic E-state index is 14.0. The molecule has 0 N–H and O–H groups in total. The van der Waals surface area contributed by atoms with Crippen molar-refractivity contribution in [3.8, 4) is 5.75 Å². The molecular formula is C17H14F2O2. The zero-order chi connectivity index (χ0) is 15.0. The SMILES string of the molecule is Cc1cc(F)c(C(=O)C2CCOc3ccccc32)cc1F. The minimum Gasteiger partial charge on any atom is -0.493 e. The maximum atomic E-state index is 14.0. The summed E-state index contributed by atoms with van der Waals surface area (Å²) in [6.07, 6.45) is 0.463. The molecule has 0 spiro atoms. The van der Waals surface area contributed by atoms with E-state index >= 15 is 0 Å². The Morgan fingerprint density at radius 2 is 1.95 bits per heavy atom. The zero-order valence-corrected chi connectivity index (χ0v) is 11.5. The molecule has 4 heteroatoms. The van der Waals surface area contributed by atoms with Gasteiger partial charge < -0.3 is 4.74 Å². The van der Waals surface area contributed by atoms with Gasteiger partial charge in [0.2, 0.25) is 0 Å². The number of hydrogen-bond donors (Lipinski definition) is 0. The highest BCUT2D eigenvalue weighted by Crippen LogP contribution is 2.36. The lowest BCUT2D eigenvalue weighted by molar-refractivity contribution is 0.0928. The van der Waals surface area contributed by atoms with E-state index in [1.807, 2.05) is 6.07 Å². The molecule has 1 aliphatic rings. The molecule has 0 aromatic heterocycles. The summed E-state index contributed by atoms with van der Waals surface area (Å²) in [5.74, 6) is -1.51. The summed E-state index contributed by atoms with van der Waals surface area (Å²) in [5, 5.41) is 0. The molecule has 1 atom stereocenters. The molecule has 0 saturated heterocycles. The average molecular weight is 288 g/mol. The molecule has 108 valence electrons. The van der Waals surface area contributed by atoms with Crippen LogP contribution in [0.2, 0.25) is 0 Å². The van der Waals surface area contributed by atoms with Gasteiger partial charge in [-0.05, 0) is 37.1 Å². The molecule has 1 aliphatic heterocycles. The summed E-state index contributed by atoms with van der Waals surface area (Å²) in [4.78, 5) is 12.6. The molecule has 0 amide bonds. The van der Waals surface area contributed by atoms with Crippen LogP contribution in [0.5, 0.6) is 5.75 Å². The topological polar surface area (TPSA) is 26.3 Å². The van der Waals surface area contributed by atoms with Crippen LogP contribution in [-0.2, 0) is 0 Å². The number of ketones is 1. The number of aryl methyl sites for hydroxylation is 1. The fraction of sp³-hybridized carbons (Fsp3) is 0.235. The molecule has 21 heavy (non-hydrogen) atoms. The molecule has 0 saturated carbocycles. The lowest BCUT2D eigenvalue weighted by Crippen LogP contribution is -2.22. The number of carbonyl (C=O) groups excluding carboxylic acids is 1. The van der Waals surface area contributed by atoms with E-state index in [0.29, 0.717) is 18.8 Å². The van der Waals surface area contributed by atoms with Gasteiger partial charge in [-0.1, -0.05) is 18.2 Å². The smallest absolute Gasteiger partial charge is 0.173 e. The predicted molar refractivity (Wildman–Crippen MR) is 74.7 cm³/mol. The Morgan fingerprint density at radius 3 is 2.76 bits per heavy atom. The van der Waals surface area contributed by atoms with E-state index in [1.54, 1.807) is 18.2 Å². The first-order valence-corrected chi connectivity index (χ1v) is 6.79. The van der Waals surface area contributed by atoms with Gasteiger partial charge >= 0.3 is 0 Å². The lowest BCUT2D eigenvalue weighted by atomic mass is 9.86. The van der Waals surface area contributed by atoms with Crippen molar-refractivity contribution in [2.75, 3.05) is 6.61 Å². The Labute approximate surface area is 121 Å². The van der Waals surface area contributed by atoms with E-state index in [-0.39, 0.29) is 11.1 Å². The van der Waals surface area contributed by atoms with Gasteiger partial charge in [0, 0.05) is 5.56 Å². The predicted octanol–water partition coefficient (Wildman–Crippen LogP) is 4.02. The van der Waals surface area contributed by atoms with Crippen LogP contribution in [-0.4, -0.2) is 12.4 Å². The number of halogens is 2. The lowest BCUT2D eigenvalue weighted by Gasteiger charge is -2.25. The quantitative estimate of drug-likeness (QED) is 0.780. The van der Waals surface area contributed by atoms with E-state index in [9.17, 15) is 13.6 Å². The van der Waals surface area contributed by atoms with Crippen LogP contribution in [0.3, 0.4) is 0 Å². The molecule has 1 unspecified atom stereocenters. The molecule has 0 aliphatic carbocycles. The number of carbonyl (C=O) groups is 1. The highest BCUT2D eigenvalue weighted by Gasteiger charge is 2.30. The van der Waals surface area contributed by atoms with E-state index < -0.39 is 23.3 Å². The van der Waals surface area contributed by atoms with Crippen LogP contribution in [0.15, 0.2) is 36.4 Å². The summed E-state index contributed by atoms with van der Waals surface area (Å²) in [6, 6.07) is 9.25. The summed E-state index contributed by atoms with van der Waals surface area (Å²) in [5.41, 5.74) is 0.727. The Kier molecular flexibility index (Phi) is 3.45. The van der Waals surface area contributed by atoms with Gasteiger partial charge in [0.1, 0.15) is 17.4 Å². The number of ether oxygens (including phenoxy) is 1. The van der Waals surface area contributed by atoms with Crippen LogP contribution in [0, 0.1) is 18.6 Å². The first kappa shape index (κ1) is 13.7. The van der Waals surface area contributed by atoms with Crippen molar-refractivity contribution in [2.45, 2.75) is 19.3 Å². The van der Waals surface area contributed by atoms with Gasteiger partial charge in [0.15, 0.2) is 5.78 Å². The third-order valence-corrected chi connectivity index (χ3v) is 3.79. The number of hydrogen-bond acceptors (Lipinski definition) is 2. The molecule has 0 radical (unpaired) electrons. The van der Waals surface area contributed by atoms with Crippen molar-refractivity contribution in [2.24, 2.45) is 0 Å². The fourth-order valence-corrected chi connectivity index (χ4v) is 2.64. The number of para-hydroxylation sites is 1. The molecule has 2 nitrogen and oxygen atoms in total. The van der Waals surface area contributed by atoms with E-state index in [2.05, 4.69) is 0 Å². The number of fused-ring (bicyclic) bond motifs is 1. The molecule has 0 fully saturated rings. The van der Waals surface area contributed by atoms with Crippen molar-refractivity contribution >= 4 is 5.78 Å². The molecule has 2 aromatic carbocycles. The fourth-order valence-electron chi connectivity index (χ4n) is 2.64. The number of rotatable bonds is 2. The van der Waals surface area contributed by atoms with Gasteiger partial charge in [-0.15, -0.1) is 0 Å². The highest BCUT2D eigenvalue weighted by atomic mass is 19.1. The van der Waals surface area contributed by atoms with E-state index in [1.165, 1.54) is 6.92 Å². The second-order valence-corrected chi connectivity index (χ2v) is 5.17. The average Bonchev–Trinajstić information content (AvgIpc) is 2.49. The second-order valence-electron chi connectivity index (χ2n) is 5.17. The van der Waals surface area contributed by atoms with Crippen molar-refractivity contribution in [3.63, 3.8) is 0 Å². The summed E-state index contributed by atoms with van der Waals surface area (Å²) in [7, 11) is 0. The number of benzene rings is 2. The largest absolute Gasteiger partial charge is 0.493 e. The van der Waals surface area contributed by atoms with Gasteiger partial charge in [0.25, 0.3) is 0 Å². The summed E-state index contributed by atoms with van der Waals surface area (Å²) < 4.78 is 33.1. The minimum atomic E-state index is -0.678. The third-order valence-electron chi connectivity index (χ3n) is 3.79. The number of Topliss-reactive ketones (excluding diaryl/α,β-unsaturated/α-hetero) is 1. The minimum absolute atomic E-state index is 0.191. The molecule has 3 rings (SSSR count). The van der Waals surface area contributed by atoms with Crippen LogP contribution < -0.4 is 4.74 Å². The summed E-state index contributed by atoms with van der Waals surface area (Å²) in [6.45, 7) is 1.86. The molecule has 2 aromatic rings. The van der Waals surface area contributed by atoms with Gasteiger partial charge in [-0.25, -0.2) is 8.78 Å². The van der Waals surface area contributed by atoms with Gasteiger partial charge in [-0.3, -0.25) is 4.79 Å². The molecule has 1 heterocycles. The van der Waals surface area contributed by atoms with Crippen LogP contribution >= 0.6 is 0 Å². The Morgan fingerprint density at radius 1 is 1.19 bits per heavy atom. The summed E-state index contributed by atoms with van der Waals surface area (Å²) >= 11 is 0. The standard InChI is InChI=1S/C17H14F2O2/c1-10-8-15(19)13(9-14(10)18)17(20)12-6-7-21-16-5-3-2-4-11(12)16/h2-5,8-9,12H,6-7H2,1H3. The maximum Gasteiger partial charge on any atom is 0.173 e. The normalized spacial score (nSPS) is 17.0. The Balaban J connectivity index is 2.03. The monoisotopic (exact) mass is 288 g/mol. The second kappa shape index (κ2) is 5.28. The van der Waals surface area contributed by atoms with Crippen LogP contribution in [0.25, 0.3) is 0 Å². The van der Waals surface area contributed by atoms with Crippen molar-refractivity contribution in [1.29, 1.82) is 0 Å². The van der Waals surface area contributed by atoms with Crippen molar-refractivity contribution in [1.82, 2.24) is 0 Å². The Hall–Kier alpha value is -2.23. The first-order chi connectivity index (χ1) is 10.1. The van der Waals surface area contributed by atoms with E-state index in [0.717, 1.165) is 17.7 Å². The first-order valence-electron chi connectivity index (χ1n) is 6.79.